The molecule has 3 rings (SSSR count). The number of hydrogen-bond donors (Lipinski definition) is 1. The first kappa shape index (κ1) is 13.4. The van der Waals surface area contributed by atoms with Crippen LogP contribution in [-0.2, 0) is 4.74 Å². The summed E-state index contributed by atoms with van der Waals surface area (Å²) in [7, 11) is 0. The smallest absolute Gasteiger partial charge is 0.133 e. The van der Waals surface area contributed by atoms with E-state index in [1.54, 1.807) is 0 Å². The monoisotopic (exact) mass is 262 g/mol. The zero-order valence-electron chi connectivity index (χ0n) is 11.9. The lowest BCUT2D eigenvalue weighted by atomic mass is 9.90. The Labute approximate surface area is 116 Å². The Kier molecular flexibility index (Phi) is 4.10. The highest BCUT2D eigenvalue weighted by Crippen LogP contribution is 2.41. The standard InChI is InChI=1S/C16H26N2O/c17-11-16(14-6-7-14,18-15-8-9-15)12-19-10-13-4-2-1-3-5-13/h13-15,18H,1-10,12H2. The second kappa shape index (κ2) is 5.81. The second-order valence-corrected chi connectivity index (χ2v) is 6.80. The maximum atomic E-state index is 9.61. The minimum atomic E-state index is -0.379. The Hall–Kier alpha value is -0.590. The summed E-state index contributed by atoms with van der Waals surface area (Å²) < 4.78 is 5.97. The van der Waals surface area contributed by atoms with Crippen LogP contribution in [0.25, 0.3) is 0 Å². The Morgan fingerprint density at radius 2 is 1.79 bits per heavy atom. The van der Waals surface area contributed by atoms with Crippen molar-refractivity contribution in [1.29, 1.82) is 5.26 Å². The van der Waals surface area contributed by atoms with Gasteiger partial charge in [0.25, 0.3) is 0 Å². The molecule has 0 radical (unpaired) electrons. The lowest BCUT2D eigenvalue weighted by molar-refractivity contribution is 0.0468. The molecular weight excluding hydrogens is 236 g/mol. The fourth-order valence-electron chi connectivity index (χ4n) is 3.34. The maximum absolute atomic E-state index is 9.61. The van der Waals surface area contributed by atoms with E-state index in [0.717, 1.165) is 12.5 Å². The number of ether oxygens (including phenoxy) is 1. The number of nitrogens with one attached hydrogen (secondary N) is 1. The molecule has 3 aliphatic carbocycles. The highest BCUT2D eigenvalue weighted by Gasteiger charge is 2.48. The predicted octanol–water partition coefficient (Wildman–Crippen LogP) is 3.01. The van der Waals surface area contributed by atoms with Crippen LogP contribution in [0.5, 0.6) is 0 Å². The van der Waals surface area contributed by atoms with E-state index in [2.05, 4.69) is 11.4 Å². The molecule has 3 nitrogen and oxygen atoms in total. The molecule has 0 bridgehead atoms. The SMILES string of the molecule is N#CC(COCC1CCCCC1)(NC1CC1)C1CC1. The predicted molar refractivity (Wildman–Crippen MR) is 74.6 cm³/mol. The van der Waals surface area contributed by atoms with Crippen molar-refractivity contribution in [2.75, 3.05) is 13.2 Å². The lowest BCUT2D eigenvalue weighted by Crippen LogP contribution is -2.51. The summed E-state index contributed by atoms with van der Waals surface area (Å²) in [5.74, 6) is 1.27. The molecule has 0 aromatic carbocycles. The summed E-state index contributed by atoms with van der Waals surface area (Å²) in [5.41, 5.74) is -0.379. The van der Waals surface area contributed by atoms with Gasteiger partial charge in [0.2, 0.25) is 0 Å². The summed E-state index contributed by atoms with van der Waals surface area (Å²) in [4.78, 5) is 0. The third-order valence-corrected chi connectivity index (χ3v) is 4.92. The molecule has 106 valence electrons. The number of rotatable bonds is 7. The van der Waals surface area contributed by atoms with Crippen LogP contribution in [0.2, 0.25) is 0 Å². The summed E-state index contributed by atoms with van der Waals surface area (Å²) in [6, 6.07) is 3.13. The maximum Gasteiger partial charge on any atom is 0.133 e. The molecule has 1 unspecified atom stereocenters. The molecule has 1 atom stereocenters. The lowest BCUT2D eigenvalue weighted by Gasteiger charge is -2.29. The van der Waals surface area contributed by atoms with Crippen LogP contribution in [0, 0.1) is 23.2 Å². The first-order valence-electron chi connectivity index (χ1n) is 8.09. The summed E-state index contributed by atoms with van der Waals surface area (Å²) >= 11 is 0. The van der Waals surface area contributed by atoms with E-state index in [0.29, 0.717) is 18.6 Å². The molecule has 1 N–H and O–H groups in total. The topological polar surface area (TPSA) is 45.0 Å². The van der Waals surface area contributed by atoms with Gasteiger partial charge in [0.15, 0.2) is 0 Å². The quantitative estimate of drug-likeness (QED) is 0.767. The van der Waals surface area contributed by atoms with Gasteiger partial charge in [0.05, 0.1) is 12.7 Å². The van der Waals surface area contributed by atoms with Crippen LogP contribution >= 0.6 is 0 Å². The van der Waals surface area contributed by atoms with Gasteiger partial charge in [-0.25, -0.2) is 0 Å². The number of nitrogens with zero attached hydrogens (tertiary/aromatic N) is 1. The Morgan fingerprint density at radius 1 is 1.05 bits per heavy atom. The van der Waals surface area contributed by atoms with Crippen LogP contribution in [0.3, 0.4) is 0 Å². The largest absolute Gasteiger partial charge is 0.378 e. The molecular formula is C16H26N2O. The van der Waals surface area contributed by atoms with Crippen LogP contribution in [-0.4, -0.2) is 24.8 Å². The van der Waals surface area contributed by atoms with Gasteiger partial charge >= 0.3 is 0 Å². The third kappa shape index (κ3) is 3.49. The fraction of sp³-hybridized carbons (Fsp3) is 0.938. The van der Waals surface area contributed by atoms with Crippen molar-refractivity contribution in [2.45, 2.75) is 69.4 Å². The molecule has 0 aliphatic heterocycles. The van der Waals surface area contributed by atoms with Crippen molar-refractivity contribution in [3.05, 3.63) is 0 Å². The summed E-state index contributed by atoms with van der Waals surface area (Å²) in [5, 5.41) is 13.2. The average molecular weight is 262 g/mol. The van der Waals surface area contributed by atoms with E-state index < -0.39 is 0 Å². The van der Waals surface area contributed by atoms with Crippen molar-refractivity contribution < 1.29 is 4.74 Å². The highest BCUT2D eigenvalue weighted by atomic mass is 16.5. The Morgan fingerprint density at radius 3 is 2.37 bits per heavy atom. The normalized spacial score (nSPS) is 27.7. The Bertz CT molecular complexity index is 337. The van der Waals surface area contributed by atoms with Crippen molar-refractivity contribution in [3.8, 4) is 6.07 Å². The van der Waals surface area contributed by atoms with E-state index in [1.807, 2.05) is 0 Å². The van der Waals surface area contributed by atoms with Gasteiger partial charge in [-0.15, -0.1) is 0 Å². The molecule has 3 fully saturated rings. The van der Waals surface area contributed by atoms with Crippen molar-refractivity contribution >= 4 is 0 Å². The number of nitriles is 1. The third-order valence-electron chi connectivity index (χ3n) is 4.92. The average Bonchev–Trinajstić information content (AvgIpc) is 3.31. The van der Waals surface area contributed by atoms with Crippen molar-refractivity contribution in [2.24, 2.45) is 11.8 Å². The molecule has 0 heterocycles. The zero-order valence-corrected chi connectivity index (χ0v) is 11.9. The zero-order chi connectivity index (χ0) is 13.1. The number of hydrogen-bond acceptors (Lipinski definition) is 3. The van der Waals surface area contributed by atoms with Gasteiger partial charge in [-0.2, -0.15) is 5.26 Å². The van der Waals surface area contributed by atoms with Crippen LogP contribution in [0.15, 0.2) is 0 Å². The van der Waals surface area contributed by atoms with Crippen molar-refractivity contribution in [3.63, 3.8) is 0 Å². The van der Waals surface area contributed by atoms with Crippen molar-refractivity contribution in [1.82, 2.24) is 5.32 Å². The molecule has 0 aromatic rings. The van der Waals surface area contributed by atoms with Gasteiger partial charge in [-0.05, 0) is 50.4 Å². The molecule has 3 aliphatic rings. The molecule has 19 heavy (non-hydrogen) atoms. The van der Waals surface area contributed by atoms with Gasteiger partial charge in [0.1, 0.15) is 5.54 Å². The van der Waals surface area contributed by atoms with Crippen LogP contribution < -0.4 is 5.32 Å². The van der Waals surface area contributed by atoms with Gasteiger partial charge in [-0.1, -0.05) is 19.3 Å². The first-order valence-corrected chi connectivity index (χ1v) is 8.09. The van der Waals surface area contributed by atoms with E-state index in [4.69, 9.17) is 4.74 Å². The van der Waals surface area contributed by atoms with E-state index >= 15 is 0 Å². The van der Waals surface area contributed by atoms with E-state index in [1.165, 1.54) is 57.8 Å². The Balaban J connectivity index is 1.48. The van der Waals surface area contributed by atoms with Gasteiger partial charge < -0.3 is 4.74 Å². The highest BCUT2D eigenvalue weighted by molar-refractivity contribution is 5.17. The fourth-order valence-corrected chi connectivity index (χ4v) is 3.34. The van der Waals surface area contributed by atoms with E-state index in [9.17, 15) is 5.26 Å². The summed E-state index contributed by atoms with van der Waals surface area (Å²) in [6.45, 7) is 1.46. The van der Waals surface area contributed by atoms with Crippen LogP contribution in [0.1, 0.15) is 57.8 Å². The first-order chi connectivity index (χ1) is 9.32. The molecule has 3 saturated carbocycles. The summed E-state index contributed by atoms with van der Waals surface area (Å²) in [6.07, 6.45) is 11.6. The minimum Gasteiger partial charge on any atom is -0.378 e. The van der Waals surface area contributed by atoms with E-state index in [-0.39, 0.29) is 5.54 Å². The van der Waals surface area contributed by atoms with Crippen LogP contribution in [0.4, 0.5) is 0 Å². The molecule has 3 heteroatoms. The van der Waals surface area contributed by atoms with Gasteiger partial charge in [0, 0.05) is 12.6 Å². The molecule has 0 amide bonds. The molecule has 0 aromatic heterocycles. The minimum absolute atomic E-state index is 0.379. The molecule has 0 spiro atoms. The molecule has 0 saturated heterocycles. The second-order valence-electron chi connectivity index (χ2n) is 6.80. The van der Waals surface area contributed by atoms with Gasteiger partial charge in [-0.3, -0.25) is 5.32 Å².